The summed E-state index contributed by atoms with van der Waals surface area (Å²) in [5, 5.41) is 13.2. The third kappa shape index (κ3) is 33.7. The summed E-state index contributed by atoms with van der Waals surface area (Å²) in [5.74, 6) is -1.02. The monoisotopic (exact) mass is 666 g/mol. The summed E-state index contributed by atoms with van der Waals surface area (Å²) in [6.07, 6.45) is 43.8. The SMILES string of the molecule is CCCC/C=C\C/C=C\CCCCCCCC(=O)NC(CS(=O)(=O)O)C(O)/C=C/CC/C=C/CCCCCCCCCCCCC. The normalized spacial score (nSPS) is 13.9. The first kappa shape index (κ1) is 44.3. The van der Waals surface area contributed by atoms with Crippen molar-refractivity contribution in [3.8, 4) is 0 Å². The fourth-order valence-electron chi connectivity index (χ4n) is 5.36. The highest BCUT2D eigenvalue weighted by molar-refractivity contribution is 7.85. The zero-order valence-corrected chi connectivity index (χ0v) is 30.5. The topological polar surface area (TPSA) is 104 Å². The van der Waals surface area contributed by atoms with Gasteiger partial charge in [0.05, 0.1) is 17.9 Å². The molecule has 7 heteroatoms. The average Bonchev–Trinajstić information content (AvgIpc) is 3.01. The molecule has 0 fully saturated rings. The molecule has 0 aliphatic rings. The van der Waals surface area contributed by atoms with Gasteiger partial charge in [0.15, 0.2) is 0 Å². The average molecular weight is 666 g/mol. The maximum Gasteiger partial charge on any atom is 0.267 e. The van der Waals surface area contributed by atoms with Crippen molar-refractivity contribution < 1.29 is 22.9 Å². The zero-order valence-electron chi connectivity index (χ0n) is 29.7. The Morgan fingerprint density at radius 3 is 1.57 bits per heavy atom. The Hall–Kier alpha value is -1.70. The lowest BCUT2D eigenvalue weighted by atomic mass is 10.1. The minimum absolute atomic E-state index is 0.270. The molecule has 2 atom stereocenters. The van der Waals surface area contributed by atoms with Crippen LogP contribution in [0.4, 0.5) is 0 Å². The second-order valence-corrected chi connectivity index (χ2v) is 14.3. The van der Waals surface area contributed by atoms with E-state index >= 15 is 0 Å². The van der Waals surface area contributed by atoms with Gasteiger partial charge >= 0.3 is 0 Å². The summed E-state index contributed by atoms with van der Waals surface area (Å²) in [5.41, 5.74) is 0. The molecule has 0 saturated carbocycles. The second-order valence-electron chi connectivity index (χ2n) is 12.8. The molecule has 0 heterocycles. The molecule has 1 amide bonds. The molecule has 0 radical (unpaired) electrons. The van der Waals surface area contributed by atoms with E-state index in [1.54, 1.807) is 6.08 Å². The van der Waals surface area contributed by atoms with Crippen LogP contribution in [0.2, 0.25) is 0 Å². The first-order chi connectivity index (χ1) is 22.3. The number of allylic oxidation sites excluding steroid dienone is 7. The van der Waals surface area contributed by atoms with Gasteiger partial charge in [-0.25, -0.2) is 0 Å². The quantitative estimate of drug-likeness (QED) is 0.0368. The number of carbonyl (C=O) groups is 1. The smallest absolute Gasteiger partial charge is 0.267 e. The highest BCUT2D eigenvalue weighted by Gasteiger charge is 2.24. The molecule has 0 saturated heterocycles. The van der Waals surface area contributed by atoms with Crippen LogP contribution in [0.25, 0.3) is 0 Å². The predicted molar refractivity (Wildman–Crippen MR) is 198 cm³/mol. The second kappa shape index (κ2) is 33.2. The van der Waals surface area contributed by atoms with Crippen LogP contribution in [0.15, 0.2) is 48.6 Å². The van der Waals surface area contributed by atoms with Gasteiger partial charge in [-0.2, -0.15) is 8.42 Å². The van der Waals surface area contributed by atoms with Crippen LogP contribution in [0.1, 0.15) is 174 Å². The Labute approximate surface area is 284 Å². The predicted octanol–water partition coefficient (Wildman–Crippen LogP) is 10.7. The van der Waals surface area contributed by atoms with Crippen molar-refractivity contribution in [2.75, 3.05) is 5.75 Å². The van der Waals surface area contributed by atoms with Crippen molar-refractivity contribution in [2.24, 2.45) is 0 Å². The lowest BCUT2D eigenvalue weighted by molar-refractivity contribution is -0.122. The molecule has 2 unspecified atom stereocenters. The zero-order chi connectivity index (χ0) is 34.0. The molecular weight excluding hydrogens is 594 g/mol. The van der Waals surface area contributed by atoms with Gasteiger partial charge in [-0.1, -0.05) is 159 Å². The van der Waals surface area contributed by atoms with Crippen molar-refractivity contribution in [1.82, 2.24) is 5.32 Å². The summed E-state index contributed by atoms with van der Waals surface area (Å²) in [6, 6.07) is -1.08. The Morgan fingerprint density at radius 2 is 1.02 bits per heavy atom. The Bertz CT molecular complexity index is 909. The minimum atomic E-state index is -4.35. The number of hydrogen-bond donors (Lipinski definition) is 3. The summed E-state index contributed by atoms with van der Waals surface area (Å²) >= 11 is 0. The van der Waals surface area contributed by atoms with Crippen molar-refractivity contribution >= 4 is 16.0 Å². The van der Waals surface area contributed by atoms with E-state index in [1.807, 2.05) is 0 Å². The van der Waals surface area contributed by atoms with Gasteiger partial charge in [-0.05, 0) is 57.8 Å². The maximum absolute atomic E-state index is 12.4. The maximum atomic E-state index is 12.4. The van der Waals surface area contributed by atoms with E-state index < -0.39 is 28.0 Å². The molecule has 46 heavy (non-hydrogen) atoms. The third-order valence-corrected chi connectivity index (χ3v) is 9.01. The minimum Gasteiger partial charge on any atom is -0.387 e. The summed E-state index contributed by atoms with van der Waals surface area (Å²) < 4.78 is 32.4. The van der Waals surface area contributed by atoms with Crippen LogP contribution >= 0.6 is 0 Å². The standard InChI is InChI=1S/C39H71NO5S/c1-3-5-7-9-11-13-15-17-19-20-21-22-24-26-28-30-32-34-38(41)37(36-46(43,44)45)40-39(42)35-33-31-29-27-25-23-18-16-14-12-10-8-6-4-2/h10,12,16,18,24,26,32,34,37-38,41H,3-9,11,13-15,17,19-23,25,27-31,33,35-36H2,1-2H3,(H,40,42)(H,43,44,45)/b12-10-,18-16-,26-24+,34-32+. The molecule has 0 aliphatic carbocycles. The van der Waals surface area contributed by atoms with Gasteiger partial charge in [0.2, 0.25) is 5.91 Å². The fourth-order valence-corrected chi connectivity index (χ4v) is 6.10. The van der Waals surface area contributed by atoms with Crippen molar-refractivity contribution in [2.45, 2.75) is 187 Å². The first-order valence-electron chi connectivity index (χ1n) is 18.8. The molecule has 0 rings (SSSR count). The number of aliphatic hydroxyl groups excluding tert-OH is 1. The number of nitrogens with one attached hydrogen (secondary N) is 1. The van der Waals surface area contributed by atoms with E-state index in [0.717, 1.165) is 51.4 Å². The van der Waals surface area contributed by atoms with Crippen LogP contribution in [-0.4, -0.2) is 41.9 Å². The number of amides is 1. The van der Waals surface area contributed by atoms with Crippen LogP contribution in [-0.2, 0) is 14.9 Å². The lowest BCUT2D eigenvalue weighted by Gasteiger charge is -2.21. The van der Waals surface area contributed by atoms with Crippen molar-refractivity contribution in [3.05, 3.63) is 48.6 Å². The molecule has 268 valence electrons. The van der Waals surface area contributed by atoms with Crippen LogP contribution in [0.5, 0.6) is 0 Å². The fraction of sp³-hybridized carbons (Fsp3) is 0.769. The molecule has 0 aromatic carbocycles. The van der Waals surface area contributed by atoms with E-state index in [1.165, 1.54) is 96.0 Å². The molecule has 3 N–H and O–H groups in total. The van der Waals surface area contributed by atoms with E-state index in [2.05, 4.69) is 55.6 Å². The Kier molecular flexibility index (Phi) is 32.0. The van der Waals surface area contributed by atoms with Gasteiger partial charge in [0.25, 0.3) is 10.1 Å². The summed E-state index contributed by atoms with van der Waals surface area (Å²) in [4.78, 5) is 12.4. The van der Waals surface area contributed by atoms with Gasteiger partial charge in [-0.3, -0.25) is 9.35 Å². The lowest BCUT2D eigenvalue weighted by Crippen LogP contribution is -2.46. The van der Waals surface area contributed by atoms with Crippen molar-refractivity contribution in [1.29, 1.82) is 0 Å². The number of rotatable bonds is 33. The number of unbranched alkanes of at least 4 members (excludes halogenated alkanes) is 19. The van der Waals surface area contributed by atoms with Gasteiger partial charge in [0.1, 0.15) is 0 Å². The highest BCUT2D eigenvalue weighted by atomic mass is 32.2. The van der Waals surface area contributed by atoms with Crippen LogP contribution in [0, 0.1) is 0 Å². The van der Waals surface area contributed by atoms with Crippen molar-refractivity contribution in [3.63, 3.8) is 0 Å². The highest BCUT2D eigenvalue weighted by Crippen LogP contribution is 2.13. The molecule has 6 nitrogen and oxygen atoms in total. The number of carbonyl (C=O) groups excluding carboxylic acids is 1. The largest absolute Gasteiger partial charge is 0.387 e. The van der Waals surface area contributed by atoms with E-state index in [-0.39, 0.29) is 12.3 Å². The molecule has 0 aliphatic heterocycles. The number of aliphatic hydroxyl groups is 1. The van der Waals surface area contributed by atoms with Gasteiger partial charge < -0.3 is 10.4 Å². The van der Waals surface area contributed by atoms with Crippen LogP contribution in [0.3, 0.4) is 0 Å². The summed E-state index contributed by atoms with van der Waals surface area (Å²) in [6.45, 7) is 4.46. The van der Waals surface area contributed by atoms with E-state index in [9.17, 15) is 22.9 Å². The Morgan fingerprint density at radius 1 is 0.587 bits per heavy atom. The molecule has 0 aromatic heterocycles. The molecule has 0 aromatic rings. The first-order valence-corrected chi connectivity index (χ1v) is 20.4. The summed E-state index contributed by atoms with van der Waals surface area (Å²) in [7, 11) is -4.35. The number of hydrogen-bond acceptors (Lipinski definition) is 4. The Balaban J connectivity index is 4.06. The van der Waals surface area contributed by atoms with E-state index in [4.69, 9.17) is 0 Å². The van der Waals surface area contributed by atoms with E-state index in [0.29, 0.717) is 12.8 Å². The third-order valence-electron chi connectivity index (χ3n) is 8.23. The van der Waals surface area contributed by atoms with Gasteiger partial charge in [0, 0.05) is 6.42 Å². The van der Waals surface area contributed by atoms with Crippen LogP contribution < -0.4 is 5.32 Å². The molecule has 0 bridgehead atoms. The van der Waals surface area contributed by atoms with Gasteiger partial charge in [-0.15, -0.1) is 0 Å². The molecule has 0 spiro atoms. The molecular formula is C39H71NO5S.